The van der Waals surface area contributed by atoms with E-state index in [-0.39, 0.29) is 11.6 Å². The summed E-state index contributed by atoms with van der Waals surface area (Å²) in [4.78, 5) is 20.5. The number of hydrogen-bond donors (Lipinski definition) is 3. The number of carbonyl (C=O) groups is 1. The monoisotopic (exact) mass is 345 g/mol. The fraction of sp³-hybridized carbons (Fsp3) is 0.150. The smallest absolute Gasteiger partial charge is 0.254 e. The Bertz CT molecular complexity index is 942. The van der Waals surface area contributed by atoms with Crippen LogP contribution < -0.4 is 16.4 Å². The van der Waals surface area contributed by atoms with Crippen LogP contribution in [0.3, 0.4) is 0 Å². The van der Waals surface area contributed by atoms with E-state index in [0.29, 0.717) is 11.8 Å². The molecule has 1 aliphatic carbocycles. The van der Waals surface area contributed by atoms with Crippen LogP contribution in [0.25, 0.3) is 0 Å². The SMILES string of the molecule is NC(=O)c1cnc(NC2CCc3ccccc32)nc1Nc1ccccc1. The molecule has 6 heteroatoms. The Morgan fingerprint density at radius 2 is 1.85 bits per heavy atom. The molecule has 1 heterocycles. The van der Waals surface area contributed by atoms with Crippen LogP contribution in [0.4, 0.5) is 17.5 Å². The number of anilines is 3. The van der Waals surface area contributed by atoms with E-state index in [9.17, 15) is 4.79 Å². The first kappa shape index (κ1) is 16.1. The molecule has 0 spiro atoms. The van der Waals surface area contributed by atoms with Crippen LogP contribution in [0.1, 0.15) is 33.9 Å². The lowest BCUT2D eigenvalue weighted by atomic mass is 10.1. The van der Waals surface area contributed by atoms with E-state index < -0.39 is 5.91 Å². The van der Waals surface area contributed by atoms with Crippen LogP contribution in [-0.4, -0.2) is 15.9 Å². The largest absolute Gasteiger partial charge is 0.365 e. The third kappa shape index (κ3) is 3.21. The molecular weight excluding hydrogens is 326 g/mol. The number of primary amides is 1. The minimum absolute atomic E-state index is 0.162. The van der Waals surface area contributed by atoms with E-state index in [0.717, 1.165) is 18.5 Å². The summed E-state index contributed by atoms with van der Waals surface area (Å²) in [5, 5.41) is 6.52. The number of aryl methyl sites for hydroxylation is 1. The predicted octanol–water partition coefficient (Wildman–Crippen LogP) is 3.42. The van der Waals surface area contributed by atoms with Gasteiger partial charge in [-0.05, 0) is 36.1 Å². The molecule has 0 radical (unpaired) electrons. The van der Waals surface area contributed by atoms with Gasteiger partial charge in [0, 0.05) is 11.9 Å². The van der Waals surface area contributed by atoms with Gasteiger partial charge in [0.25, 0.3) is 5.91 Å². The maximum atomic E-state index is 11.7. The van der Waals surface area contributed by atoms with Crippen LogP contribution in [0.2, 0.25) is 0 Å². The fourth-order valence-electron chi connectivity index (χ4n) is 3.25. The van der Waals surface area contributed by atoms with Crippen molar-refractivity contribution in [1.29, 1.82) is 0 Å². The van der Waals surface area contributed by atoms with Crippen molar-refractivity contribution in [3.8, 4) is 0 Å². The van der Waals surface area contributed by atoms with E-state index in [2.05, 4.69) is 38.8 Å². The summed E-state index contributed by atoms with van der Waals surface area (Å²) in [5.41, 5.74) is 9.17. The summed E-state index contributed by atoms with van der Waals surface area (Å²) in [5.74, 6) is 0.295. The van der Waals surface area contributed by atoms with Crippen molar-refractivity contribution < 1.29 is 4.79 Å². The average Bonchev–Trinajstić information content (AvgIpc) is 3.06. The predicted molar refractivity (Wildman–Crippen MR) is 101 cm³/mol. The molecule has 2 aromatic carbocycles. The zero-order valence-corrected chi connectivity index (χ0v) is 14.1. The molecule has 3 aromatic rings. The van der Waals surface area contributed by atoms with Crippen LogP contribution in [-0.2, 0) is 6.42 Å². The zero-order chi connectivity index (χ0) is 17.9. The molecule has 6 nitrogen and oxygen atoms in total. The molecule has 1 aliphatic rings. The highest BCUT2D eigenvalue weighted by atomic mass is 16.1. The Labute approximate surface area is 151 Å². The highest BCUT2D eigenvalue weighted by Gasteiger charge is 2.23. The van der Waals surface area contributed by atoms with Crippen LogP contribution in [0, 0.1) is 0 Å². The molecule has 0 aliphatic heterocycles. The fourth-order valence-corrected chi connectivity index (χ4v) is 3.25. The average molecular weight is 345 g/mol. The molecule has 1 amide bonds. The Balaban J connectivity index is 1.62. The summed E-state index contributed by atoms with van der Waals surface area (Å²) in [6, 6.07) is 18.1. The van der Waals surface area contributed by atoms with Gasteiger partial charge in [0.15, 0.2) is 0 Å². The molecular formula is C20H19N5O. The number of nitrogens with two attached hydrogens (primary N) is 1. The van der Waals surface area contributed by atoms with Crippen LogP contribution in [0.5, 0.6) is 0 Å². The molecule has 1 atom stereocenters. The number of benzene rings is 2. The maximum absolute atomic E-state index is 11.7. The van der Waals surface area contributed by atoms with Gasteiger partial charge in [-0.2, -0.15) is 4.98 Å². The second kappa shape index (κ2) is 6.84. The second-order valence-electron chi connectivity index (χ2n) is 6.25. The van der Waals surface area contributed by atoms with Gasteiger partial charge in [0.05, 0.1) is 6.04 Å². The number of rotatable bonds is 5. The number of amides is 1. The first-order valence-corrected chi connectivity index (χ1v) is 8.54. The number of nitrogens with one attached hydrogen (secondary N) is 2. The van der Waals surface area contributed by atoms with Crippen molar-refractivity contribution in [2.75, 3.05) is 10.6 Å². The van der Waals surface area contributed by atoms with Crippen LogP contribution >= 0.6 is 0 Å². The van der Waals surface area contributed by atoms with E-state index in [1.165, 1.54) is 17.3 Å². The normalized spacial score (nSPS) is 15.3. The van der Waals surface area contributed by atoms with Gasteiger partial charge in [-0.15, -0.1) is 0 Å². The molecule has 130 valence electrons. The van der Waals surface area contributed by atoms with E-state index in [4.69, 9.17) is 5.73 Å². The third-order valence-electron chi connectivity index (χ3n) is 4.53. The van der Waals surface area contributed by atoms with Gasteiger partial charge < -0.3 is 16.4 Å². The quantitative estimate of drug-likeness (QED) is 0.659. The van der Waals surface area contributed by atoms with Crippen molar-refractivity contribution in [2.24, 2.45) is 5.73 Å². The summed E-state index contributed by atoms with van der Waals surface area (Å²) < 4.78 is 0. The Kier molecular flexibility index (Phi) is 4.23. The van der Waals surface area contributed by atoms with E-state index in [1.54, 1.807) is 0 Å². The van der Waals surface area contributed by atoms with Crippen LogP contribution in [0.15, 0.2) is 60.8 Å². The van der Waals surface area contributed by atoms with Gasteiger partial charge >= 0.3 is 0 Å². The molecule has 4 rings (SSSR count). The van der Waals surface area contributed by atoms with Gasteiger partial charge in [0.2, 0.25) is 5.95 Å². The number of para-hydroxylation sites is 1. The van der Waals surface area contributed by atoms with Crippen molar-refractivity contribution in [2.45, 2.75) is 18.9 Å². The first-order valence-electron chi connectivity index (χ1n) is 8.54. The number of aromatic nitrogens is 2. The Morgan fingerprint density at radius 3 is 2.65 bits per heavy atom. The van der Waals surface area contributed by atoms with E-state index >= 15 is 0 Å². The third-order valence-corrected chi connectivity index (χ3v) is 4.53. The zero-order valence-electron chi connectivity index (χ0n) is 14.1. The summed E-state index contributed by atoms with van der Waals surface area (Å²) in [7, 11) is 0. The molecule has 0 saturated carbocycles. The highest BCUT2D eigenvalue weighted by Crippen LogP contribution is 2.33. The molecule has 26 heavy (non-hydrogen) atoms. The minimum Gasteiger partial charge on any atom is -0.365 e. The minimum atomic E-state index is -0.568. The summed E-state index contributed by atoms with van der Waals surface area (Å²) in [6.45, 7) is 0. The highest BCUT2D eigenvalue weighted by molar-refractivity contribution is 5.98. The number of fused-ring (bicyclic) bond motifs is 1. The van der Waals surface area contributed by atoms with Crippen molar-refractivity contribution in [3.05, 3.63) is 77.5 Å². The van der Waals surface area contributed by atoms with Crippen molar-refractivity contribution in [3.63, 3.8) is 0 Å². The lowest BCUT2D eigenvalue weighted by Crippen LogP contribution is -2.17. The van der Waals surface area contributed by atoms with Gasteiger partial charge in [0.1, 0.15) is 11.4 Å². The number of carbonyl (C=O) groups excluding carboxylic acids is 1. The summed E-state index contributed by atoms with van der Waals surface area (Å²) in [6.07, 6.45) is 3.48. The lowest BCUT2D eigenvalue weighted by Gasteiger charge is -2.16. The standard InChI is InChI=1S/C20H19N5O/c21-18(26)16-12-22-20(25-19(16)23-14-7-2-1-3-8-14)24-17-11-10-13-6-4-5-9-15(13)17/h1-9,12,17H,10-11H2,(H2,21,26)(H2,22,23,24,25). The first-order chi connectivity index (χ1) is 12.7. The number of nitrogens with zero attached hydrogens (tertiary/aromatic N) is 2. The van der Waals surface area contributed by atoms with Gasteiger partial charge in [-0.25, -0.2) is 4.98 Å². The van der Waals surface area contributed by atoms with Crippen molar-refractivity contribution >= 4 is 23.4 Å². The second-order valence-corrected chi connectivity index (χ2v) is 6.25. The lowest BCUT2D eigenvalue weighted by molar-refractivity contribution is 0.100. The number of hydrogen-bond acceptors (Lipinski definition) is 5. The molecule has 0 saturated heterocycles. The Hall–Kier alpha value is -3.41. The van der Waals surface area contributed by atoms with Gasteiger partial charge in [-0.1, -0.05) is 42.5 Å². The molecule has 1 unspecified atom stereocenters. The molecule has 4 N–H and O–H groups in total. The molecule has 1 aromatic heterocycles. The molecule has 0 fully saturated rings. The van der Waals surface area contributed by atoms with Crippen molar-refractivity contribution in [1.82, 2.24) is 9.97 Å². The summed E-state index contributed by atoms with van der Waals surface area (Å²) >= 11 is 0. The van der Waals surface area contributed by atoms with E-state index in [1.807, 2.05) is 36.4 Å². The molecule has 0 bridgehead atoms. The maximum Gasteiger partial charge on any atom is 0.254 e. The van der Waals surface area contributed by atoms with Gasteiger partial charge in [-0.3, -0.25) is 4.79 Å². The Morgan fingerprint density at radius 1 is 1.08 bits per heavy atom. The topological polar surface area (TPSA) is 92.9 Å².